The number of halogens is 1. The van der Waals surface area contributed by atoms with Gasteiger partial charge in [-0.3, -0.25) is 13.9 Å². The molecule has 0 aromatic heterocycles. The highest BCUT2D eigenvalue weighted by Gasteiger charge is 2.33. The summed E-state index contributed by atoms with van der Waals surface area (Å²) in [5.41, 5.74) is 1.08. The first kappa shape index (κ1) is 28.0. The van der Waals surface area contributed by atoms with Gasteiger partial charge in [-0.05, 0) is 60.5 Å². The van der Waals surface area contributed by atoms with Crippen LogP contribution in [0.1, 0.15) is 18.9 Å². The number of likely N-dealkylation sites (N-methyl/N-ethyl adjacent to an activating group) is 1. The fourth-order valence-corrected chi connectivity index (χ4v) is 5.41. The predicted octanol–water partition coefficient (Wildman–Crippen LogP) is 4.10. The third-order valence-electron chi connectivity index (χ3n) is 5.87. The smallest absolute Gasteiger partial charge is 0.264 e. The monoisotopic (exact) mass is 543 g/mol. The van der Waals surface area contributed by atoms with Gasteiger partial charge >= 0.3 is 0 Å². The highest BCUT2D eigenvalue weighted by atomic mass is 35.5. The summed E-state index contributed by atoms with van der Waals surface area (Å²) >= 11 is 6.01. The van der Waals surface area contributed by atoms with E-state index in [1.54, 1.807) is 73.7 Å². The summed E-state index contributed by atoms with van der Waals surface area (Å²) in [6.07, 6.45) is 0.343. The number of nitrogens with zero attached hydrogens (tertiary/aromatic N) is 2. The lowest BCUT2D eigenvalue weighted by Crippen LogP contribution is -2.51. The molecule has 0 aliphatic rings. The zero-order valence-corrected chi connectivity index (χ0v) is 22.5. The van der Waals surface area contributed by atoms with Gasteiger partial charge in [0.15, 0.2) is 0 Å². The second-order valence-corrected chi connectivity index (χ2v) is 10.5. The van der Waals surface area contributed by atoms with Crippen molar-refractivity contribution in [1.29, 1.82) is 0 Å². The zero-order valence-electron chi connectivity index (χ0n) is 20.9. The van der Waals surface area contributed by atoms with Gasteiger partial charge in [0.1, 0.15) is 18.3 Å². The van der Waals surface area contributed by atoms with E-state index in [4.69, 9.17) is 16.3 Å². The number of anilines is 1. The number of nitrogens with one attached hydrogen (secondary N) is 1. The lowest BCUT2D eigenvalue weighted by molar-refractivity contribution is -0.140. The Balaban J connectivity index is 2.02. The van der Waals surface area contributed by atoms with Crippen LogP contribution in [0.2, 0.25) is 5.02 Å². The Morgan fingerprint density at radius 1 is 0.973 bits per heavy atom. The van der Waals surface area contributed by atoms with Gasteiger partial charge in [0, 0.05) is 18.6 Å². The number of amides is 2. The van der Waals surface area contributed by atoms with Gasteiger partial charge in [-0.1, -0.05) is 48.9 Å². The molecule has 3 aromatic rings. The van der Waals surface area contributed by atoms with Crippen LogP contribution in [-0.2, 0) is 26.2 Å². The number of ether oxygens (including phenoxy) is 1. The zero-order chi connectivity index (χ0) is 27.0. The summed E-state index contributed by atoms with van der Waals surface area (Å²) in [5, 5.41) is 3.14. The Hall–Kier alpha value is -3.56. The Morgan fingerprint density at radius 2 is 1.59 bits per heavy atom. The number of methoxy groups -OCH3 is 1. The molecule has 0 spiro atoms. The molecule has 196 valence electrons. The van der Waals surface area contributed by atoms with E-state index in [1.165, 1.54) is 31.2 Å². The van der Waals surface area contributed by atoms with Crippen LogP contribution in [0, 0.1) is 0 Å². The molecule has 0 saturated carbocycles. The van der Waals surface area contributed by atoms with Crippen LogP contribution in [0.4, 0.5) is 5.69 Å². The Kier molecular flexibility index (Phi) is 9.54. The number of carbonyl (C=O) groups excluding carboxylic acids is 2. The minimum absolute atomic E-state index is 0.00699. The van der Waals surface area contributed by atoms with Crippen molar-refractivity contribution in [3.05, 3.63) is 89.4 Å². The van der Waals surface area contributed by atoms with Gasteiger partial charge in [-0.2, -0.15) is 0 Å². The molecule has 2 amide bonds. The maximum atomic E-state index is 13.8. The van der Waals surface area contributed by atoms with E-state index in [9.17, 15) is 18.0 Å². The quantitative estimate of drug-likeness (QED) is 0.393. The van der Waals surface area contributed by atoms with E-state index in [2.05, 4.69) is 5.32 Å². The third-order valence-corrected chi connectivity index (χ3v) is 7.91. The van der Waals surface area contributed by atoms with Crippen LogP contribution in [0.15, 0.2) is 83.8 Å². The first-order chi connectivity index (χ1) is 17.7. The van der Waals surface area contributed by atoms with Crippen LogP contribution < -0.4 is 14.4 Å². The van der Waals surface area contributed by atoms with Crippen LogP contribution in [-0.4, -0.2) is 51.9 Å². The SMILES string of the molecule is CC[C@@H](C(=O)NC)N(Cc1ccc(Cl)cc1)C(=O)CN(c1ccccc1)S(=O)(=O)c1ccc(OC)cc1. The normalized spacial score (nSPS) is 11.9. The molecule has 0 fully saturated rings. The highest BCUT2D eigenvalue weighted by molar-refractivity contribution is 7.92. The molecule has 8 nitrogen and oxygen atoms in total. The highest BCUT2D eigenvalue weighted by Crippen LogP contribution is 2.26. The summed E-state index contributed by atoms with van der Waals surface area (Å²) in [6.45, 7) is 1.40. The number of benzene rings is 3. The number of hydrogen-bond acceptors (Lipinski definition) is 5. The molecule has 37 heavy (non-hydrogen) atoms. The van der Waals surface area contributed by atoms with Gasteiger partial charge < -0.3 is 15.0 Å². The molecule has 0 aliphatic heterocycles. The standard InChI is InChI=1S/C27H30ClN3O5S/c1-4-25(27(33)29-2)30(18-20-10-12-21(28)13-11-20)26(32)19-31(22-8-6-5-7-9-22)37(34,35)24-16-14-23(36-3)15-17-24/h5-17,25H,4,18-19H2,1-3H3,(H,29,33)/t25-/m0/s1. The Labute approximate surface area is 222 Å². The van der Waals surface area contributed by atoms with Crippen molar-refractivity contribution in [2.45, 2.75) is 30.8 Å². The molecular weight excluding hydrogens is 514 g/mol. The van der Waals surface area contributed by atoms with Crippen molar-refractivity contribution in [3.63, 3.8) is 0 Å². The topological polar surface area (TPSA) is 96.0 Å². The molecule has 0 heterocycles. The molecule has 0 bridgehead atoms. The largest absolute Gasteiger partial charge is 0.497 e. The van der Waals surface area contributed by atoms with Gasteiger partial charge in [0.2, 0.25) is 11.8 Å². The molecule has 0 aliphatic carbocycles. The van der Waals surface area contributed by atoms with E-state index in [0.717, 1.165) is 9.87 Å². The molecule has 1 N–H and O–H groups in total. The maximum absolute atomic E-state index is 13.8. The molecule has 3 rings (SSSR count). The average Bonchev–Trinajstić information content (AvgIpc) is 2.92. The summed E-state index contributed by atoms with van der Waals surface area (Å²) in [6, 6.07) is 20.5. The van der Waals surface area contributed by atoms with Crippen molar-refractivity contribution >= 4 is 39.1 Å². The number of hydrogen-bond donors (Lipinski definition) is 1. The summed E-state index contributed by atoms with van der Waals surface area (Å²) in [5.74, 6) is -0.354. The van der Waals surface area contributed by atoms with Crippen molar-refractivity contribution in [1.82, 2.24) is 10.2 Å². The number of para-hydroxylation sites is 1. The molecular formula is C27H30ClN3O5S. The number of sulfonamides is 1. The Bertz CT molecular complexity index is 1300. The lowest BCUT2D eigenvalue weighted by atomic mass is 10.1. The molecule has 0 saturated heterocycles. The number of rotatable bonds is 11. The van der Waals surface area contributed by atoms with E-state index in [-0.39, 0.29) is 17.3 Å². The molecule has 0 unspecified atom stereocenters. The Morgan fingerprint density at radius 3 is 2.14 bits per heavy atom. The van der Waals surface area contributed by atoms with E-state index < -0.39 is 28.5 Å². The summed E-state index contributed by atoms with van der Waals surface area (Å²) in [4.78, 5) is 27.9. The fourth-order valence-electron chi connectivity index (χ4n) is 3.87. The van der Waals surface area contributed by atoms with Crippen molar-refractivity contribution < 1.29 is 22.7 Å². The van der Waals surface area contributed by atoms with Gasteiger partial charge in [-0.25, -0.2) is 8.42 Å². The second kappa shape index (κ2) is 12.6. The third kappa shape index (κ3) is 6.81. The minimum Gasteiger partial charge on any atom is -0.497 e. The van der Waals surface area contributed by atoms with Crippen LogP contribution in [0.5, 0.6) is 5.75 Å². The molecule has 3 aromatic carbocycles. The lowest BCUT2D eigenvalue weighted by Gasteiger charge is -2.33. The van der Waals surface area contributed by atoms with Gasteiger partial charge in [0.25, 0.3) is 10.0 Å². The van der Waals surface area contributed by atoms with Gasteiger partial charge in [0.05, 0.1) is 17.7 Å². The van der Waals surface area contributed by atoms with Crippen molar-refractivity contribution in [2.75, 3.05) is 25.0 Å². The molecule has 1 atom stereocenters. The fraction of sp³-hybridized carbons (Fsp3) is 0.259. The van der Waals surface area contributed by atoms with Crippen LogP contribution in [0.3, 0.4) is 0 Å². The first-order valence-corrected chi connectivity index (χ1v) is 13.5. The van der Waals surface area contributed by atoms with Crippen molar-refractivity contribution in [2.24, 2.45) is 0 Å². The van der Waals surface area contributed by atoms with Crippen LogP contribution in [0.25, 0.3) is 0 Å². The minimum atomic E-state index is -4.13. The predicted molar refractivity (Wildman–Crippen MR) is 144 cm³/mol. The summed E-state index contributed by atoms with van der Waals surface area (Å²) < 4.78 is 33.7. The van der Waals surface area contributed by atoms with E-state index in [0.29, 0.717) is 22.9 Å². The average molecular weight is 544 g/mol. The molecule has 10 heteroatoms. The number of carbonyl (C=O) groups is 2. The van der Waals surface area contributed by atoms with Crippen molar-refractivity contribution in [3.8, 4) is 5.75 Å². The first-order valence-electron chi connectivity index (χ1n) is 11.7. The summed E-state index contributed by atoms with van der Waals surface area (Å²) in [7, 11) is -1.14. The molecule has 0 radical (unpaired) electrons. The van der Waals surface area contributed by atoms with E-state index >= 15 is 0 Å². The van der Waals surface area contributed by atoms with Gasteiger partial charge in [-0.15, -0.1) is 0 Å². The van der Waals surface area contributed by atoms with E-state index in [1.807, 2.05) is 0 Å². The maximum Gasteiger partial charge on any atom is 0.264 e. The second-order valence-electron chi connectivity index (χ2n) is 8.21. The van der Waals surface area contributed by atoms with Crippen LogP contribution >= 0.6 is 11.6 Å².